The molecule has 0 aliphatic rings. The van der Waals surface area contributed by atoms with E-state index in [2.05, 4.69) is 15.4 Å². The van der Waals surface area contributed by atoms with Gasteiger partial charge < -0.3 is 10.6 Å². The molecule has 0 unspecified atom stereocenters. The van der Waals surface area contributed by atoms with E-state index < -0.39 is 34.9 Å². The molecule has 0 heterocycles. The molecule has 0 aliphatic heterocycles. The van der Waals surface area contributed by atoms with Crippen LogP contribution >= 0.6 is 11.6 Å². The topological polar surface area (TPSA) is 121 Å². The summed E-state index contributed by atoms with van der Waals surface area (Å²) in [5.74, 6) is -1.62. The van der Waals surface area contributed by atoms with Gasteiger partial charge in [0.25, 0.3) is 0 Å². The Morgan fingerprint density at radius 2 is 1.42 bits per heavy atom. The van der Waals surface area contributed by atoms with Crippen molar-refractivity contribution in [3.05, 3.63) is 95.0 Å². The highest BCUT2D eigenvalue weighted by Crippen LogP contribution is 2.23. The average Bonchev–Trinajstić information content (AvgIpc) is 2.83. The summed E-state index contributed by atoms with van der Waals surface area (Å²) in [6.07, 6.45) is 0. The van der Waals surface area contributed by atoms with Crippen LogP contribution in [0.15, 0.2) is 83.8 Å². The fraction of sp³-hybridized carbons (Fsp3) is 0.0870. The summed E-state index contributed by atoms with van der Waals surface area (Å²) < 4.78 is 26.5. The first kappa shape index (κ1) is 24.1. The third-order valence-electron chi connectivity index (χ3n) is 4.46. The number of nitrogens with one attached hydrogen (secondary N) is 3. The maximum atomic E-state index is 12.8. The molecule has 3 aromatic carbocycles. The predicted molar refractivity (Wildman–Crippen MR) is 125 cm³/mol. The maximum Gasteiger partial charge on any atom is 0.243 e. The van der Waals surface area contributed by atoms with Gasteiger partial charge in [0.2, 0.25) is 21.8 Å². The predicted octanol–water partition coefficient (Wildman–Crippen LogP) is 2.60. The first-order valence-electron chi connectivity index (χ1n) is 9.77. The zero-order valence-corrected chi connectivity index (χ0v) is 18.8. The molecule has 0 fully saturated rings. The van der Waals surface area contributed by atoms with E-state index in [0.717, 1.165) is 0 Å². The Kier molecular flexibility index (Phi) is 7.94. The van der Waals surface area contributed by atoms with Crippen LogP contribution in [0.25, 0.3) is 0 Å². The summed E-state index contributed by atoms with van der Waals surface area (Å²) >= 11 is 6.03. The van der Waals surface area contributed by atoms with E-state index in [9.17, 15) is 22.8 Å². The molecule has 33 heavy (non-hydrogen) atoms. The van der Waals surface area contributed by atoms with Crippen LogP contribution in [0, 0.1) is 0 Å². The van der Waals surface area contributed by atoms with Crippen molar-refractivity contribution in [2.75, 3.05) is 18.4 Å². The molecule has 0 atom stereocenters. The molecular weight excluding hydrogens is 466 g/mol. The Hall–Kier alpha value is -3.53. The number of carbonyl (C=O) groups excluding carboxylic acids is 3. The van der Waals surface area contributed by atoms with E-state index in [-0.39, 0.29) is 21.9 Å². The fourth-order valence-electron chi connectivity index (χ4n) is 2.84. The van der Waals surface area contributed by atoms with Gasteiger partial charge in [-0.3, -0.25) is 14.4 Å². The molecule has 2 amide bonds. The third kappa shape index (κ3) is 6.72. The molecule has 3 N–H and O–H groups in total. The SMILES string of the molecule is O=C(CNS(=O)(=O)c1ccccc1)NCC(=O)Nc1ccc(Cl)cc1C(=O)c1ccccc1. The lowest BCUT2D eigenvalue weighted by molar-refractivity contribution is -0.123. The van der Waals surface area contributed by atoms with Gasteiger partial charge in [-0.2, -0.15) is 0 Å². The van der Waals surface area contributed by atoms with Crippen molar-refractivity contribution in [3.63, 3.8) is 0 Å². The molecule has 0 aromatic heterocycles. The number of amides is 2. The van der Waals surface area contributed by atoms with E-state index in [1.807, 2.05) is 0 Å². The number of benzene rings is 3. The van der Waals surface area contributed by atoms with Gasteiger partial charge >= 0.3 is 0 Å². The van der Waals surface area contributed by atoms with Crippen molar-refractivity contribution in [2.45, 2.75) is 4.90 Å². The Balaban J connectivity index is 1.58. The van der Waals surface area contributed by atoms with Crippen molar-refractivity contribution in [3.8, 4) is 0 Å². The number of hydrogen-bond donors (Lipinski definition) is 3. The van der Waals surface area contributed by atoms with Gasteiger partial charge in [-0.25, -0.2) is 13.1 Å². The Labute approximate surface area is 196 Å². The van der Waals surface area contributed by atoms with Crippen LogP contribution in [0.1, 0.15) is 15.9 Å². The zero-order chi connectivity index (χ0) is 23.8. The van der Waals surface area contributed by atoms with Gasteiger partial charge in [-0.05, 0) is 30.3 Å². The molecule has 10 heteroatoms. The molecule has 3 aromatic rings. The van der Waals surface area contributed by atoms with Crippen LogP contribution in [-0.2, 0) is 19.6 Å². The highest BCUT2D eigenvalue weighted by Gasteiger charge is 2.18. The van der Waals surface area contributed by atoms with Gasteiger partial charge in [0.05, 0.1) is 23.7 Å². The smallest absolute Gasteiger partial charge is 0.243 e. The first-order valence-corrected chi connectivity index (χ1v) is 11.6. The molecule has 0 aliphatic carbocycles. The summed E-state index contributed by atoms with van der Waals surface area (Å²) in [7, 11) is -3.85. The molecule has 0 saturated heterocycles. The lowest BCUT2D eigenvalue weighted by atomic mass is 10.0. The quantitative estimate of drug-likeness (QED) is 0.402. The first-order chi connectivity index (χ1) is 15.8. The van der Waals surface area contributed by atoms with Crippen LogP contribution in [0.2, 0.25) is 5.02 Å². The minimum Gasteiger partial charge on any atom is -0.346 e. The fourth-order valence-corrected chi connectivity index (χ4v) is 4.01. The number of halogens is 1. The van der Waals surface area contributed by atoms with Gasteiger partial charge in [0.1, 0.15) is 0 Å². The summed E-state index contributed by atoms with van der Waals surface area (Å²) in [5.41, 5.74) is 0.857. The average molecular weight is 486 g/mol. The molecular formula is C23H20ClN3O5S. The summed E-state index contributed by atoms with van der Waals surface area (Å²) in [5, 5.41) is 5.23. The number of rotatable bonds is 9. The van der Waals surface area contributed by atoms with Crippen molar-refractivity contribution < 1.29 is 22.8 Å². The Morgan fingerprint density at radius 3 is 2.09 bits per heavy atom. The largest absolute Gasteiger partial charge is 0.346 e. The number of ketones is 1. The minimum atomic E-state index is -3.85. The highest BCUT2D eigenvalue weighted by atomic mass is 35.5. The van der Waals surface area contributed by atoms with E-state index in [1.165, 1.54) is 30.3 Å². The molecule has 0 spiro atoms. The van der Waals surface area contributed by atoms with Crippen molar-refractivity contribution in [1.82, 2.24) is 10.0 Å². The second kappa shape index (κ2) is 10.9. The van der Waals surface area contributed by atoms with Gasteiger partial charge in [0.15, 0.2) is 5.78 Å². The summed E-state index contributed by atoms with van der Waals surface area (Å²) in [6, 6.07) is 20.6. The lowest BCUT2D eigenvalue weighted by Gasteiger charge is -2.12. The van der Waals surface area contributed by atoms with Gasteiger partial charge in [-0.15, -0.1) is 0 Å². The second-order valence-corrected chi connectivity index (χ2v) is 9.05. The van der Waals surface area contributed by atoms with Crippen molar-refractivity contribution in [2.24, 2.45) is 0 Å². The number of hydrogen-bond acceptors (Lipinski definition) is 5. The van der Waals surface area contributed by atoms with Crippen LogP contribution in [-0.4, -0.2) is 39.1 Å². The highest BCUT2D eigenvalue weighted by molar-refractivity contribution is 7.89. The normalized spacial score (nSPS) is 10.9. The number of anilines is 1. The van der Waals surface area contributed by atoms with Crippen LogP contribution in [0.5, 0.6) is 0 Å². The van der Waals surface area contributed by atoms with E-state index >= 15 is 0 Å². The van der Waals surface area contributed by atoms with Crippen LogP contribution in [0.4, 0.5) is 5.69 Å². The molecule has 0 bridgehead atoms. The van der Waals surface area contributed by atoms with Crippen molar-refractivity contribution in [1.29, 1.82) is 0 Å². The van der Waals surface area contributed by atoms with Gasteiger partial charge in [-0.1, -0.05) is 60.1 Å². The van der Waals surface area contributed by atoms with Gasteiger partial charge in [0, 0.05) is 16.1 Å². The molecule has 8 nitrogen and oxygen atoms in total. The van der Waals surface area contributed by atoms with E-state index in [1.54, 1.807) is 48.5 Å². The summed E-state index contributed by atoms with van der Waals surface area (Å²) in [4.78, 5) is 37.2. The number of sulfonamides is 1. The zero-order valence-electron chi connectivity index (χ0n) is 17.2. The summed E-state index contributed by atoms with van der Waals surface area (Å²) in [6.45, 7) is -0.962. The molecule has 0 radical (unpaired) electrons. The molecule has 3 rings (SSSR count). The monoisotopic (exact) mass is 485 g/mol. The minimum absolute atomic E-state index is 0.0221. The molecule has 0 saturated carbocycles. The maximum absolute atomic E-state index is 12.8. The number of carbonyl (C=O) groups is 3. The third-order valence-corrected chi connectivity index (χ3v) is 6.11. The Morgan fingerprint density at radius 1 is 0.788 bits per heavy atom. The van der Waals surface area contributed by atoms with Crippen molar-refractivity contribution >= 4 is 44.9 Å². The second-order valence-electron chi connectivity index (χ2n) is 6.85. The molecule has 170 valence electrons. The van der Waals surface area contributed by atoms with E-state index in [4.69, 9.17) is 11.6 Å². The Bertz CT molecular complexity index is 1270. The van der Waals surface area contributed by atoms with Crippen LogP contribution < -0.4 is 15.4 Å². The van der Waals surface area contributed by atoms with Crippen LogP contribution in [0.3, 0.4) is 0 Å². The lowest BCUT2D eigenvalue weighted by Crippen LogP contribution is -2.40. The van der Waals surface area contributed by atoms with E-state index in [0.29, 0.717) is 10.6 Å². The standard InChI is InChI=1S/C23H20ClN3O5S/c24-17-11-12-20(19(13-17)23(30)16-7-3-1-4-8-16)27-22(29)14-25-21(28)15-26-33(31,32)18-9-5-2-6-10-18/h1-13,26H,14-15H2,(H,25,28)(H,27,29).